The zero-order valence-corrected chi connectivity index (χ0v) is 17.3. The average molecular weight is 394 g/mol. The highest BCUT2D eigenvalue weighted by molar-refractivity contribution is 5.55. The van der Waals surface area contributed by atoms with Crippen molar-refractivity contribution >= 4 is 0 Å². The van der Waals surface area contributed by atoms with Crippen molar-refractivity contribution in [3.63, 3.8) is 0 Å². The van der Waals surface area contributed by atoms with Crippen molar-refractivity contribution in [2.75, 3.05) is 20.6 Å². The molecule has 0 aliphatic rings. The lowest BCUT2D eigenvalue weighted by atomic mass is 10.0. The van der Waals surface area contributed by atoms with Gasteiger partial charge in [-0.15, -0.1) is 10.2 Å². The standard InChI is InChI=1S/C22H28N5O2/c1-4-7-20-18(8-5-9-21(20)28)16-29-19-12-10-17(11-13-19)22-23-25-27(24-22)15-6-14-26(2)3/h5,8,10-13,28H,4,6-7,14-16H2,1-3H3. The van der Waals surface area contributed by atoms with E-state index in [0.717, 1.165) is 54.8 Å². The predicted molar refractivity (Wildman–Crippen MR) is 112 cm³/mol. The quantitative estimate of drug-likeness (QED) is 0.568. The van der Waals surface area contributed by atoms with Crippen LogP contribution in [0.2, 0.25) is 0 Å². The van der Waals surface area contributed by atoms with Gasteiger partial charge in [0.2, 0.25) is 5.82 Å². The third-order valence-electron chi connectivity index (χ3n) is 4.60. The summed E-state index contributed by atoms with van der Waals surface area (Å²) in [5, 5.41) is 22.7. The zero-order valence-electron chi connectivity index (χ0n) is 17.3. The zero-order chi connectivity index (χ0) is 20.6. The highest BCUT2D eigenvalue weighted by Crippen LogP contribution is 2.24. The Morgan fingerprint density at radius 2 is 1.97 bits per heavy atom. The van der Waals surface area contributed by atoms with Gasteiger partial charge in [0.1, 0.15) is 18.1 Å². The van der Waals surface area contributed by atoms with Crippen LogP contribution in [0, 0.1) is 6.07 Å². The fraction of sp³-hybridized carbons (Fsp3) is 0.409. The first-order valence-corrected chi connectivity index (χ1v) is 9.94. The molecule has 0 amide bonds. The molecule has 1 radical (unpaired) electrons. The van der Waals surface area contributed by atoms with E-state index in [-0.39, 0.29) is 5.75 Å². The van der Waals surface area contributed by atoms with E-state index >= 15 is 0 Å². The largest absolute Gasteiger partial charge is 0.507 e. The van der Waals surface area contributed by atoms with Gasteiger partial charge in [0.15, 0.2) is 0 Å². The van der Waals surface area contributed by atoms with Crippen LogP contribution in [0.15, 0.2) is 36.4 Å². The minimum absolute atomic E-state index is 0.211. The third kappa shape index (κ3) is 5.77. The summed E-state index contributed by atoms with van der Waals surface area (Å²) < 4.78 is 5.91. The molecule has 0 aliphatic carbocycles. The van der Waals surface area contributed by atoms with Crippen LogP contribution in [0.25, 0.3) is 11.4 Å². The minimum Gasteiger partial charge on any atom is -0.507 e. The van der Waals surface area contributed by atoms with E-state index in [9.17, 15) is 5.11 Å². The van der Waals surface area contributed by atoms with E-state index in [2.05, 4.69) is 33.3 Å². The summed E-state index contributed by atoms with van der Waals surface area (Å²) in [4.78, 5) is 3.77. The van der Waals surface area contributed by atoms with Gasteiger partial charge in [0, 0.05) is 17.2 Å². The van der Waals surface area contributed by atoms with Crippen LogP contribution >= 0.6 is 0 Å². The maximum absolute atomic E-state index is 10.0. The van der Waals surface area contributed by atoms with E-state index < -0.39 is 0 Å². The molecule has 2 aromatic carbocycles. The molecule has 0 unspecified atom stereocenters. The highest BCUT2D eigenvalue weighted by Gasteiger charge is 2.09. The summed E-state index contributed by atoms with van der Waals surface area (Å²) in [7, 11) is 4.10. The molecule has 0 spiro atoms. The van der Waals surface area contributed by atoms with Gasteiger partial charge in [-0.25, -0.2) is 0 Å². The number of phenolic OH excluding ortho intramolecular Hbond substituents is 1. The first-order valence-electron chi connectivity index (χ1n) is 9.94. The Hall–Kier alpha value is -2.93. The molecule has 7 nitrogen and oxygen atoms in total. The highest BCUT2D eigenvalue weighted by atomic mass is 16.5. The molecule has 3 aromatic rings. The summed E-state index contributed by atoms with van der Waals surface area (Å²) in [6.45, 7) is 4.22. The van der Waals surface area contributed by atoms with E-state index in [0.29, 0.717) is 12.4 Å². The fourth-order valence-electron chi connectivity index (χ4n) is 3.07. The van der Waals surface area contributed by atoms with Crippen molar-refractivity contribution in [1.82, 2.24) is 25.1 Å². The second-order valence-corrected chi connectivity index (χ2v) is 7.26. The number of aromatic nitrogens is 4. The van der Waals surface area contributed by atoms with Crippen LogP contribution in [0.5, 0.6) is 11.5 Å². The third-order valence-corrected chi connectivity index (χ3v) is 4.60. The maximum Gasteiger partial charge on any atom is 0.204 e. The number of rotatable bonds is 10. The van der Waals surface area contributed by atoms with Crippen molar-refractivity contribution in [2.45, 2.75) is 39.3 Å². The van der Waals surface area contributed by atoms with Gasteiger partial charge in [-0.3, -0.25) is 0 Å². The molecule has 0 saturated heterocycles. The number of hydrogen-bond donors (Lipinski definition) is 1. The van der Waals surface area contributed by atoms with Crippen LogP contribution in [0.1, 0.15) is 30.9 Å². The normalized spacial score (nSPS) is 11.2. The molecule has 1 heterocycles. The molecule has 0 bridgehead atoms. The number of nitrogens with zero attached hydrogens (tertiary/aromatic N) is 5. The van der Waals surface area contributed by atoms with Gasteiger partial charge >= 0.3 is 0 Å². The Balaban J connectivity index is 1.60. The minimum atomic E-state index is 0.211. The van der Waals surface area contributed by atoms with E-state index in [1.807, 2.05) is 44.4 Å². The fourth-order valence-corrected chi connectivity index (χ4v) is 3.07. The van der Waals surface area contributed by atoms with Crippen molar-refractivity contribution in [1.29, 1.82) is 0 Å². The van der Waals surface area contributed by atoms with E-state index in [4.69, 9.17) is 4.74 Å². The van der Waals surface area contributed by atoms with Crippen molar-refractivity contribution in [3.8, 4) is 22.9 Å². The monoisotopic (exact) mass is 394 g/mol. The molecular weight excluding hydrogens is 366 g/mol. The van der Waals surface area contributed by atoms with Crippen LogP contribution in [0.4, 0.5) is 0 Å². The predicted octanol–water partition coefficient (Wildman–Crippen LogP) is 3.33. The van der Waals surface area contributed by atoms with Crippen LogP contribution < -0.4 is 4.74 Å². The van der Waals surface area contributed by atoms with Gasteiger partial charge in [-0.1, -0.05) is 25.5 Å². The van der Waals surface area contributed by atoms with Crippen LogP contribution in [-0.4, -0.2) is 50.9 Å². The number of aromatic hydroxyl groups is 1. The smallest absolute Gasteiger partial charge is 0.204 e. The number of hydrogen-bond acceptors (Lipinski definition) is 6. The van der Waals surface area contributed by atoms with Gasteiger partial charge in [0.25, 0.3) is 0 Å². The second kappa shape index (κ2) is 10.0. The second-order valence-electron chi connectivity index (χ2n) is 7.26. The Morgan fingerprint density at radius 3 is 2.69 bits per heavy atom. The molecule has 0 atom stereocenters. The molecule has 3 rings (SSSR count). The summed E-state index contributed by atoms with van der Waals surface area (Å²) in [5.74, 6) is 1.57. The lowest BCUT2D eigenvalue weighted by molar-refractivity contribution is 0.304. The van der Waals surface area contributed by atoms with Crippen molar-refractivity contribution in [2.24, 2.45) is 0 Å². The molecule has 0 saturated carbocycles. The average Bonchev–Trinajstić information content (AvgIpc) is 3.17. The number of ether oxygens (including phenoxy) is 1. The Labute approximate surface area is 171 Å². The van der Waals surface area contributed by atoms with Gasteiger partial charge in [0.05, 0.1) is 6.54 Å². The van der Waals surface area contributed by atoms with Gasteiger partial charge in [-0.2, -0.15) is 4.80 Å². The number of tetrazole rings is 1. The molecule has 1 N–H and O–H groups in total. The first-order chi connectivity index (χ1) is 14.1. The summed E-state index contributed by atoms with van der Waals surface area (Å²) in [5.41, 5.74) is 2.78. The molecule has 0 aliphatic heterocycles. The topological polar surface area (TPSA) is 76.3 Å². The van der Waals surface area contributed by atoms with Gasteiger partial charge in [-0.05, 0) is 68.5 Å². The molecule has 29 heavy (non-hydrogen) atoms. The van der Waals surface area contributed by atoms with E-state index in [1.165, 1.54) is 0 Å². The van der Waals surface area contributed by atoms with Crippen molar-refractivity contribution < 1.29 is 9.84 Å². The Bertz CT molecular complexity index is 906. The van der Waals surface area contributed by atoms with E-state index in [1.54, 1.807) is 10.9 Å². The first kappa shape index (κ1) is 20.8. The molecule has 153 valence electrons. The SMILES string of the molecule is CCCc1c(O)[c]ccc1COc1ccc(-c2nnn(CCCN(C)C)n2)cc1. The number of aryl methyl sites for hydroxylation is 1. The Morgan fingerprint density at radius 1 is 1.17 bits per heavy atom. The summed E-state index contributed by atoms with van der Waals surface area (Å²) in [6, 6.07) is 14.2. The maximum atomic E-state index is 10.0. The molecule has 0 fully saturated rings. The summed E-state index contributed by atoms with van der Waals surface area (Å²) in [6.07, 6.45) is 2.73. The van der Waals surface area contributed by atoms with Crippen molar-refractivity contribution in [3.05, 3.63) is 53.6 Å². The lowest BCUT2D eigenvalue weighted by Crippen LogP contribution is -2.15. The lowest BCUT2D eigenvalue weighted by Gasteiger charge is -2.12. The van der Waals surface area contributed by atoms with Crippen LogP contribution in [-0.2, 0) is 19.6 Å². The molecule has 1 aromatic heterocycles. The Kier molecular flexibility index (Phi) is 7.19. The van der Waals surface area contributed by atoms with Gasteiger partial charge < -0.3 is 14.7 Å². The number of benzene rings is 2. The summed E-state index contributed by atoms with van der Waals surface area (Å²) >= 11 is 0. The molecular formula is C22H28N5O2. The molecule has 7 heteroatoms. The number of phenols is 1. The van der Waals surface area contributed by atoms with Crippen LogP contribution in [0.3, 0.4) is 0 Å².